The molecule has 0 aromatic heterocycles. The fraction of sp³-hybridized carbons (Fsp3) is 0.571. The molecule has 0 radical (unpaired) electrons. The molecule has 0 N–H and O–H groups in total. The number of rotatable bonds is 1. The Morgan fingerprint density at radius 1 is 0.941 bits per heavy atom. The van der Waals surface area contributed by atoms with Gasteiger partial charge in [-0.1, -0.05) is 36.8 Å². The van der Waals surface area contributed by atoms with Gasteiger partial charge >= 0.3 is 0 Å². The lowest BCUT2D eigenvalue weighted by Crippen LogP contribution is -2.35. The fourth-order valence-corrected chi connectivity index (χ4v) is 2.67. The van der Waals surface area contributed by atoms with Crippen LogP contribution in [0.1, 0.15) is 44.6 Å². The van der Waals surface area contributed by atoms with E-state index in [2.05, 4.69) is 0 Å². The first kappa shape index (κ1) is 11.2. The molecular weight excluding hydrogens is 216 g/mol. The van der Waals surface area contributed by atoms with Crippen molar-refractivity contribution in [2.75, 3.05) is 0 Å². The second-order valence-corrected chi connectivity index (χ2v) is 5.05. The molecule has 3 nitrogen and oxygen atoms in total. The van der Waals surface area contributed by atoms with Gasteiger partial charge in [-0.25, -0.2) is 0 Å². The summed E-state index contributed by atoms with van der Waals surface area (Å²) in [7, 11) is 0. The Kier molecular flexibility index (Phi) is 2.69. The van der Waals surface area contributed by atoms with Gasteiger partial charge in [0.05, 0.1) is 0 Å². The predicted molar refractivity (Wildman–Crippen MR) is 62.9 cm³/mol. The van der Waals surface area contributed by atoms with Crippen molar-refractivity contribution in [2.24, 2.45) is 0 Å². The summed E-state index contributed by atoms with van der Waals surface area (Å²) in [5.74, 6) is -1.28. The third-order valence-corrected chi connectivity index (χ3v) is 3.65. The third kappa shape index (κ3) is 1.99. The van der Waals surface area contributed by atoms with Gasteiger partial charge in [0.2, 0.25) is 11.6 Å². The molecular formula is C14H18O3. The topological polar surface area (TPSA) is 27.7 Å². The first-order chi connectivity index (χ1) is 8.23. The Bertz CT molecular complexity index is 384. The summed E-state index contributed by atoms with van der Waals surface area (Å²) in [6.45, 7) is 1.92. The Morgan fingerprint density at radius 3 is 2.35 bits per heavy atom. The van der Waals surface area contributed by atoms with Crippen molar-refractivity contribution >= 4 is 0 Å². The summed E-state index contributed by atoms with van der Waals surface area (Å²) in [4.78, 5) is 11.0. The summed E-state index contributed by atoms with van der Waals surface area (Å²) >= 11 is 0. The SMILES string of the molecule is C[C@]1(c2ccccc2)OOC2(CCCCC2)O1. The fourth-order valence-electron chi connectivity index (χ4n) is 2.67. The normalized spacial score (nSPS) is 31.8. The van der Waals surface area contributed by atoms with E-state index in [4.69, 9.17) is 14.5 Å². The molecule has 1 saturated heterocycles. The molecule has 3 rings (SSSR count). The highest BCUT2D eigenvalue weighted by atomic mass is 17.3. The van der Waals surface area contributed by atoms with E-state index < -0.39 is 11.6 Å². The van der Waals surface area contributed by atoms with E-state index in [0.29, 0.717) is 0 Å². The quantitative estimate of drug-likeness (QED) is 0.696. The monoisotopic (exact) mass is 234 g/mol. The molecule has 0 bridgehead atoms. The highest BCUT2D eigenvalue weighted by molar-refractivity contribution is 5.20. The smallest absolute Gasteiger partial charge is 0.227 e. The van der Waals surface area contributed by atoms with E-state index in [1.54, 1.807) is 0 Å². The van der Waals surface area contributed by atoms with Gasteiger partial charge in [0.25, 0.3) is 0 Å². The lowest BCUT2D eigenvalue weighted by atomic mass is 9.94. The lowest BCUT2D eigenvalue weighted by molar-refractivity contribution is -0.354. The zero-order valence-corrected chi connectivity index (χ0v) is 10.1. The zero-order chi connectivity index (χ0) is 11.8. The van der Waals surface area contributed by atoms with Crippen molar-refractivity contribution < 1.29 is 14.5 Å². The van der Waals surface area contributed by atoms with Gasteiger partial charge in [-0.3, -0.25) is 0 Å². The molecule has 1 atom stereocenters. The average Bonchev–Trinajstić information content (AvgIpc) is 2.70. The second-order valence-electron chi connectivity index (χ2n) is 5.05. The molecule has 1 spiro atoms. The molecule has 2 aliphatic rings. The van der Waals surface area contributed by atoms with Crippen LogP contribution in [0.4, 0.5) is 0 Å². The van der Waals surface area contributed by atoms with Crippen LogP contribution >= 0.6 is 0 Å². The molecule has 3 heteroatoms. The number of hydrogen-bond acceptors (Lipinski definition) is 3. The summed E-state index contributed by atoms with van der Waals surface area (Å²) in [6.07, 6.45) is 5.41. The van der Waals surface area contributed by atoms with Crippen LogP contribution in [0, 0.1) is 0 Å². The lowest BCUT2D eigenvalue weighted by Gasteiger charge is -2.30. The van der Waals surface area contributed by atoms with Crippen LogP contribution in [0.5, 0.6) is 0 Å². The zero-order valence-electron chi connectivity index (χ0n) is 10.1. The second kappa shape index (κ2) is 4.09. The molecule has 1 aromatic carbocycles. The van der Waals surface area contributed by atoms with E-state index in [0.717, 1.165) is 31.2 Å². The van der Waals surface area contributed by atoms with Gasteiger partial charge in [0, 0.05) is 18.4 Å². The van der Waals surface area contributed by atoms with Crippen LogP contribution in [-0.4, -0.2) is 5.79 Å². The number of benzene rings is 1. The third-order valence-electron chi connectivity index (χ3n) is 3.65. The highest BCUT2D eigenvalue weighted by Crippen LogP contribution is 2.46. The Morgan fingerprint density at radius 2 is 1.65 bits per heavy atom. The first-order valence-corrected chi connectivity index (χ1v) is 6.35. The Labute approximate surface area is 102 Å². The van der Waals surface area contributed by atoms with Gasteiger partial charge in [-0.05, 0) is 19.8 Å². The first-order valence-electron chi connectivity index (χ1n) is 6.35. The molecule has 0 unspecified atom stereocenters. The van der Waals surface area contributed by atoms with Crippen LogP contribution in [0.3, 0.4) is 0 Å². The van der Waals surface area contributed by atoms with Crippen LogP contribution in [0.2, 0.25) is 0 Å². The van der Waals surface area contributed by atoms with Crippen molar-refractivity contribution in [3.8, 4) is 0 Å². The van der Waals surface area contributed by atoms with Gasteiger partial charge in [0.15, 0.2) is 0 Å². The Hall–Kier alpha value is -0.900. The van der Waals surface area contributed by atoms with Crippen LogP contribution in [0.25, 0.3) is 0 Å². The van der Waals surface area contributed by atoms with Gasteiger partial charge in [-0.2, -0.15) is 9.78 Å². The summed E-state index contributed by atoms with van der Waals surface area (Å²) in [5.41, 5.74) is 1.00. The maximum Gasteiger partial charge on any atom is 0.227 e. The molecule has 92 valence electrons. The maximum absolute atomic E-state index is 6.12. The van der Waals surface area contributed by atoms with E-state index in [1.807, 2.05) is 37.3 Å². The van der Waals surface area contributed by atoms with Crippen molar-refractivity contribution in [3.05, 3.63) is 35.9 Å². The molecule has 1 aliphatic carbocycles. The van der Waals surface area contributed by atoms with Crippen LogP contribution < -0.4 is 0 Å². The Balaban J connectivity index is 1.82. The van der Waals surface area contributed by atoms with Crippen molar-refractivity contribution in [3.63, 3.8) is 0 Å². The number of hydrogen-bond donors (Lipinski definition) is 0. The van der Waals surface area contributed by atoms with Crippen molar-refractivity contribution in [2.45, 2.75) is 50.6 Å². The number of ether oxygens (including phenoxy) is 1. The molecule has 1 saturated carbocycles. The van der Waals surface area contributed by atoms with Gasteiger partial charge in [0.1, 0.15) is 0 Å². The molecule has 1 heterocycles. The molecule has 1 aliphatic heterocycles. The van der Waals surface area contributed by atoms with Crippen LogP contribution in [0.15, 0.2) is 30.3 Å². The summed E-state index contributed by atoms with van der Waals surface area (Å²) < 4.78 is 6.12. The van der Waals surface area contributed by atoms with E-state index >= 15 is 0 Å². The van der Waals surface area contributed by atoms with E-state index in [9.17, 15) is 0 Å². The van der Waals surface area contributed by atoms with E-state index in [-0.39, 0.29) is 0 Å². The largest absolute Gasteiger partial charge is 0.308 e. The van der Waals surface area contributed by atoms with Gasteiger partial charge < -0.3 is 4.74 Å². The molecule has 17 heavy (non-hydrogen) atoms. The minimum atomic E-state index is -0.765. The highest BCUT2D eigenvalue weighted by Gasteiger charge is 2.51. The molecule has 1 aromatic rings. The minimum absolute atomic E-state index is 0.511. The maximum atomic E-state index is 6.12. The predicted octanol–water partition coefficient (Wildman–Crippen LogP) is 3.50. The van der Waals surface area contributed by atoms with E-state index in [1.165, 1.54) is 6.42 Å². The standard InChI is InChI=1S/C14H18O3/c1-13(12-8-4-2-5-9-12)15-14(17-16-13)10-6-3-7-11-14/h2,4-5,8-9H,3,6-7,10-11H2,1H3/t13-/m1/s1. The average molecular weight is 234 g/mol. The van der Waals surface area contributed by atoms with Crippen molar-refractivity contribution in [1.29, 1.82) is 0 Å². The van der Waals surface area contributed by atoms with Crippen molar-refractivity contribution in [1.82, 2.24) is 0 Å². The summed E-state index contributed by atoms with van der Waals surface area (Å²) in [5, 5.41) is 0. The minimum Gasteiger partial charge on any atom is -0.308 e. The van der Waals surface area contributed by atoms with Gasteiger partial charge in [-0.15, -0.1) is 0 Å². The van der Waals surface area contributed by atoms with Crippen LogP contribution in [-0.2, 0) is 20.3 Å². The molecule has 0 amide bonds. The molecule has 2 fully saturated rings. The summed E-state index contributed by atoms with van der Waals surface area (Å²) in [6, 6.07) is 9.97.